The van der Waals surface area contributed by atoms with Crippen LogP contribution in [-0.2, 0) is 16.0 Å². The van der Waals surface area contributed by atoms with Crippen LogP contribution >= 0.6 is 11.8 Å². The summed E-state index contributed by atoms with van der Waals surface area (Å²) in [7, 11) is 0. The molecule has 0 saturated heterocycles. The van der Waals surface area contributed by atoms with Gasteiger partial charge in [0.15, 0.2) is 5.17 Å². The number of nitrogens with zero attached hydrogens (tertiary/aromatic N) is 3. The van der Waals surface area contributed by atoms with Crippen LogP contribution in [0.3, 0.4) is 0 Å². The molecule has 7 heteroatoms. The molecule has 1 N–H and O–H groups in total. The Hall–Kier alpha value is -2.93. The summed E-state index contributed by atoms with van der Waals surface area (Å²) in [6, 6.07) is 15.1. The number of thioether (sulfide) groups is 1. The molecule has 0 spiro atoms. The number of hydrogen-bond acceptors (Lipinski definition) is 5. The number of anilines is 1. The van der Waals surface area contributed by atoms with Crippen LogP contribution in [0.15, 0.2) is 58.5 Å². The third-order valence-corrected chi connectivity index (χ3v) is 6.99. The van der Waals surface area contributed by atoms with Crippen LogP contribution in [0.25, 0.3) is 0 Å². The van der Waals surface area contributed by atoms with Gasteiger partial charge in [-0.15, -0.1) is 0 Å². The third kappa shape index (κ3) is 4.21. The number of hydrogen-bond donors (Lipinski definition) is 1. The van der Waals surface area contributed by atoms with Gasteiger partial charge in [0, 0.05) is 11.3 Å². The zero-order valence-electron chi connectivity index (χ0n) is 18.8. The molecule has 4 rings (SSSR count). The van der Waals surface area contributed by atoms with Crippen molar-refractivity contribution in [2.75, 3.05) is 5.32 Å². The second-order valence-electron chi connectivity index (χ2n) is 8.28. The van der Waals surface area contributed by atoms with Crippen LogP contribution in [0.2, 0.25) is 0 Å². The van der Waals surface area contributed by atoms with Crippen molar-refractivity contribution in [3.63, 3.8) is 0 Å². The molecule has 0 radical (unpaired) electrons. The van der Waals surface area contributed by atoms with Crippen molar-refractivity contribution in [1.29, 1.82) is 0 Å². The molecule has 2 aromatic carbocycles. The van der Waals surface area contributed by atoms with Crippen LogP contribution < -0.4 is 5.32 Å². The fourth-order valence-corrected chi connectivity index (χ4v) is 4.80. The van der Waals surface area contributed by atoms with E-state index in [0.717, 1.165) is 23.4 Å². The fraction of sp³-hybridized carbons (Fsp3) is 0.360. The predicted octanol–water partition coefficient (Wildman–Crippen LogP) is 5.01. The predicted molar refractivity (Wildman–Crippen MR) is 132 cm³/mol. The molecule has 2 aliphatic heterocycles. The van der Waals surface area contributed by atoms with Gasteiger partial charge in [-0.25, -0.2) is 9.89 Å². The van der Waals surface area contributed by atoms with Crippen molar-refractivity contribution in [3.8, 4) is 0 Å². The number of rotatable bonds is 6. The van der Waals surface area contributed by atoms with Crippen molar-refractivity contribution in [2.24, 2.45) is 15.9 Å². The molecule has 2 amide bonds. The van der Waals surface area contributed by atoms with Gasteiger partial charge in [0.1, 0.15) is 11.9 Å². The molecule has 0 fully saturated rings. The van der Waals surface area contributed by atoms with Gasteiger partial charge in [0.25, 0.3) is 5.91 Å². The van der Waals surface area contributed by atoms with Gasteiger partial charge in [0.2, 0.25) is 5.91 Å². The zero-order chi connectivity index (χ0) is 22.8. The van der Waals surface area contributed by atoms with Crippen molar-refractivity contribution in [2.45, 2.75) is 51.8 Å². The summed E-state index contributed by atoms with van der Waals surface area (Å²) in [5, 5.41) is 3.12. The molecule has 2 heterocycles. The molecule has 0 aliphatic carbocycles. The quantitative estimate of drug-likeness (QED) is 0.675. The van der Waals surface area contributed by atoms with Crippen LogP contribution in [0, 0.1) is 5.92 Å². The van der Waals surface area contributed by atoms with Crippen molar-refractivity contribution in [3.05, 3.63) is 59.7 Å². The lowest BCUT2D eigenvalue weighted by Gasteiger charge is -2.27. The monoisotopic (exact) mass is 448 g/mol. The molecule has 2 aromatic rings. The van der Waals surface area contributed by atoms with Gasteiger partial charge in [-0.05, 0) is 48.6 Å². The van der Waals surface area contributed by atoms with Gasteiger partial charge < -0.3 is 5.32 Å². The second-order valence-corrected chi connectivity index (χ2v) is 9.45. The molecular weight excluding hydrogens is 420 g/mol. The Morgan fingerprint density at radius 2 is 1.84 bits per heavy atom. The topological polar surface area (TPSA) is 74.1 Å². The maximum Gasteiger partial charge on any atom is 0.259 e. The summed E-state index contributed by atoms with van der Waals surface area (Å²) >= 11 is 1.32. The number of para-hydroxylation sites is 1. The van der Waals surface area contributed by atoms with E-state index in [1.165, 1.54) is 17.3 Å². The molecule has 32 heavy (non-hydrogen) atoms. The maximum absolute atomic E-state index is 13.2. The van der Waals surface area contributed by atoms with E-state index >= 15 is 0 Å². The third-order valence-electron chi connectivity index (χ3n) is 5.67. The Morgan fingerprint density at radius 3 is 2.50 bits per heavy atom. The highest BCUT2D eigenvalue weighted by atomic mass is 32.2. The Morgan fingerprint density at radius 1 is 1.12 bits per heavy atom. The van der Waals surface area contributed by atoms with E-state index < -0.39 is 11.3 Å². The second kappa shape index (κ2) is 9.28. The normalized spacial score (nSPS) is 18.1. The Labute approximate surface area is 193 Å². The average molecular weight is 449 g/mol. The molecule has 2 atom stereocenters. The summed E-state index contributed by atoms with van der Waals surface area (Å²) in [6.07, 6.45) is 1.56. The fourth-order valence-electron chi connectivity index (χ4n) is 3.78. The standard InChI is InChI=1S/C25H28N4O2S/c1-5-16-11-13-17(14-12-16)26-23(30)20(6-2)32-25-27-19-10-8-7-9-18(19)22-28-21(15(3)4)24(31)29(22)25/h7-15,20-21H,5-6H2,1-4H3,(H,26,30)/t20-,21+/m1/s1. The van der Waals surface area contributed by atoms with E-state index in [1.54, 1.807) is 4.90 Å². The molecule has 0 unspecified atom stereocenters. The van der Waals surface area contributed by atoms with Crippen LogP contribution in [-0.4, -0.2) is 39.0 Å². The Balaban J connectivity index is 1.60. The number of amidine groups is 2. The molecule has 0 aromatic heterocycles. The smallest absolute Gasteiger partial charge is 0.259 e. The highest BCUT2D eigenvalue weighted by Crippen LogP contribution is 2.36. The summed E-state index contributed by atoms with van der Waals surface area (Å²) in [5.74, 6) is 0.526. The first kappa shape index (κ1) is 22.3. The lowest BCUT2D eigenvalue weighted by Crippen LogP contribution is -2.43. The van der Waals surface area contributed by atoms with E-state index in [1.807, 2.05) is 69.3 Å². The van der Waals surface area contributed by atoms with Gasteiger partial charge in [-0.3, -0.25) is 14.6 Å². The van der Waals surface area contributed by atoms with Gasteiger partial charge in [-0.2, -0.15) is 0 Å². The number of aliphatic imine (C=N–C) groups is 2. The van der Waals surface area contributed by atoms with Crippen molar-refractivity contribution in [1.82, 2.24) is 4.90 Å². The molecular formula is C25H28N4O2S. The molecule has 2 aliphatic rings. The zero-order valence-corrected chi connectivity index (χ0v) is 19.6. The first-order valence-corrected chi connectivity index (χ1v) is 12.0. The highest BCUT2D eigenvalue weighted by molar-refractivity contribution is 8.15. The van der Waals surface area contributed by atoms with E-state index in [9.17, 15) is 9.59 Å². The number of carbonyl (C=O) groups excluding carboxylic acids is 2. The van der Waals surface area contributed by atoms with E-state index in [2.05, 4.69) is 12.2 Å². The Kier molecular flexibility index (Phi) is 6.46. The summed E-state index contributed by atoms with van der Waals surface area (Å²) in [6.45, 7) is 8.05. The summed E-state index contributed by atoms with van der Waals surface area (Å²) in [5.41, 5.74) is 3.61. The molecule has 0 bridgehead atoms. The molecule has 6 nitrogen and oxygen atoms in total. The first-order chi connectivity index (χ1) is 15.4. The van der Waals surface area contributed by atoms with E-state index in [-0.39, 0.29) is 17.7 Å². The number of nitrogens with one attached hydrogen (secondary N) is 1. The summed E-state index contributed by atoms with van der Waals surface area (Å²) in [4.78, 5) is 37.4. The van der Waals surface area contributed by atoms with Crippen LogP contribution in [0.5, 0.6) is 0 Å². The van der Waals surface area contributed by atoms with Crippen LogP contribution in [0.1, 0.15) is 45.2 Å². The van der Waals surface area contributed by atoms with Crippen LogP contribution in [0.4, 0.5) is 11.4 Å². The number of carbonyl (C=O) groups is 2. The lowest BCUT2D eigenvalue weighted by molar-refractivity contribution is -0.125. The van der Waals surface area contributed by atoms with Crippen molar-refractivity contribution < 1.29 is 9.59 Å². The largest absolute Gasteiger partial charge is 0.325 e. The minimum atomic E-state index is -0.437. The molecule has 166 valence electrons. The SMILES string of the molecule is CCc1ccc(NC(=O)[C@@H](CC)SC2=Nc3ccccc3C3=N[C@@H](C(C)C)C(=O)N23)cc1. The van der Waals surface area contributed by atoms with Crippen molar-refractivity contribution >= 4 is 46.0 Å². The van der Waals surface area contributed by atoms with Gasteiger partial charge in [0.05, 0.1) is 10.9 Å². The summed E-state index contributed by atoms with van der Waals surface area (Å²) < 4.78 is 0. The maximum atomic E-state index is 13.2. The number of fused-ring (bicyclic) bond motifs is 3. The number of amides is 2. The minimum Gasteiger partial charge on any atom is -0.325 e. The molecule has 0 saturated carbocycles. The Bertz CT molecular complexity index is 1090. The van der Waals surface area contributed by atoms with Gasteiger partial charge >= 0.3 is 0 Å². The van der Waals surface area contributed by atoms with Gasteiger partial charge in [-0.1, -0.05) is 63.7 Å². The minimum absolute atomic E-state index is 0.0791. The average Bonchev–Trinajstić information content (AvgIpc) is 3.16. The lowest BCUT2D eigenvalue weighted by atomic mass is 10.1. The highest BCUT2D eigenvalue weighted by Gasteiger charge is 2.43. The van der Waals surface area contributed by atoms with E-state index in [4.69, 9.17) is 9.98 Å². The number of benzene rings is 2. The first-order valence-electron chi connectivity index (χ1n) is 11.1. The number of aryl methyl sites for hydroxylation is 1. The van der Waals surface area contributed by atoms with E-state index in [0.29, 0.717) is 17.4 Å².